The predicted octanol–water partition coefficient (Wildman–Crippen LogP) is 4.68. The van der Waals surface area contributed by atoms with Crippen molar-refractivity contribution in [2.24, 2.45) is 0 Å². The van der Waals surface area contributed by atoms with Crippen LogP contribution in [0.1, 0.15) is 61.6 Å². The number of likely N-dealkylation sites (tertiary alicyclic amines) is 1. The van der Waals surface area contributed by atoms with Crippen LogP contribution < -0.4 is 14.5 Å². The molecule has 2 aromatic carbocycles. The fourth-order valence-electron chi connectivity index (χ4n) is 6.53. The van der Waals surface area contributed by atoms with Crippen molar-refractivity contribution in [1.29, 1.82) is 0 Å². The number of ether oxygens (including phenoxy) is 2. The number of hydrogen-bond acceptors (Lipinski definition) is 8. The largest absolute Gasteiger partial charge is 0.508 e. The Balaban J connectivity index is 1.40. The minimum atomic E-state index is -0.334. The van der Waals surface area contributed by atoms with Gasteiger partial charge in [-0.3, -0.25) is 9.69 Å². The molecular weight excluding hydrogens is 525 g/mol. The standard InChI is InChI=1S/C31H38FN5O4/c1-4-23-24(32)9-8-20-15-22(38)16-26(27(20)23)37-17-25-28(30(37)39)29(35-10-6-13-40-14-12-35)34-31(33-25)41-18-21-7-5-11-36(21)19(2)3/h8-9,15-16,19,21,38H,4-7,10-14,17-18H2,1-3H3/t21-/m0/s1. The first kappa shape index (κ1) is 27.7. The summed E-state index contributed by atoms with van der Waals surface area (Å²) in [5, 5.41) is 11.9. The number of hydrogen-bond donors (Lipinski definition) is 1. The second-order valence-electron chi connectivity index (χ2n) is 11.4. The zero-order valence-electron chi connectivity index (χ0n) is 24.0. The monoisotopic (exact) mass is 563 g/mol. The number of fused-ring (bicyclic) bond motifs is 2. The third kappa shape index (κ3) is 5.19. The summed E-state index contributed by atoms with van der Waals surface area (Å²) in [4.78, 5) is 29.8. The molecule has 2 saturated heterocycles. The zero-order valence-corrected chi connectivity index (χ0v) is 24.0. The molecule has 218 valence electrons. The molecule has 41 heavy (non-hydrogen) atoms. The minimum absolute atomic E-state index is 0.0104. The SMILES string of the molecule is CCc1c(F)ccc2cc(O)cc(N3Cc4nc(OC[C@@H]5CCCN5C(C)C)nc(N5CCCOCC5)c4C3=O)c12. The van der Waals surface area contributed by atoms with Gasteiger partial charge in [0.15, 0.2) is 0 Å². The van der Waals surface area contributed by atoms with E-state index in [1.54, 1.807) is 17.0 Å². The summed E-state index contributed by atoms with van der Waals surface area (Å²) in [5.74, 6) is -0.0523. The molecule has 3 aliphatic heterocycles. The van der Waals surface area contributed by atoms with Gasteiger partial charge >= 0.3 is 6.01 Å². The van der Waals surface area contributed by atoms with Gasteiger partial charge in [0.2, 0.25) is 0 Å². The van der Waals surface area contributed by atoms with E-state index in [0.29, 0.717) is 90.5 Å². The summed E-state index contributed by atoms with van der Waals surface area (Å²) < 4.78 is 26.8. The molecule has 4 heterocycles. The molecule has 0 unspecified atom stereocenters. The molecule has 0 aliphatic carbocycles. The molecule has 1 N–H and O–H groups in total. The van der Waals surface area contributed by atoms with Crippen LogP contribution in [0.15, 0.2) is 24.3 Å². The lowest BCUT2D eigenvalue weighted by Gasteiger charge is -2.28. The maximum absolute atomic E-state index is 14.9. The predicted molar refractivity (Wildman–Crippen MR) is 156 cm³/mol. The van der Waals surface area contributed by atoms with Gasteiger partial charge in [-0.25, -0.2) is 4.39 Å². The number of phenols is 1. The van der Waals surface area contributed by atoms with Crippen LogP contribution in [0, 0.1) is 5.82 Å². The van der Waals surface area contributed by atoms with Crippen molar-refractivity contribution in [3.8, 4) is 11.8 Å². The lowest BCUT2D eigenvalue weighted by atomic mass is 9.99. The van der Waals surface area contributed by atoms with Gasteiger partial charge < -0.3 is 24.4 Å². The van der Waals surface area contributed by atoms with Crippen LogP contribution >= 0.6 is 0 Å². The Kier molecular flexibility index (Phi) is 7.70. The van der Waals surface area contributed by atoms with Crippen LogP contribution in [0.5, 0.6) is 11.8 Å². The normalized spacial score (nSPS) is 19.8. The quantitative estimate of drug-likeness (QED) is 0.443. The molecule has 1 atom stereocenters. The van der Waals surface area contributed by atoms with Gasteiger partial charge in [0.05, 0.1) is 24.5 Å². The second-order valence-corrected chi connectivity index (χ2v) is 11.4. The van der Waals surface area contributed by atoms with Crippen molar-refractivity contribution in [2.45, 2.75) is 65.1 Å². The van der Waals surface area contributed by atoms with Gasteiger partial charge in [0.25, 0.3) is 5.91 Å². The van der Waals surface area contributed by atoms with E-state index >= 15 is 0 Å². The van der Waals surface area contributed by atoms with Crippen LogP contribution in [-0.4, -0.2) is 77.4 Å². The van der Waals surface area contributed by atoms with Crippen molar-refractivity contribution in [3.05, 3.63) is 46.9 Å². The van der Waals surface area contributed by atoms with E-state index < -0.39 is 0 Å². The Labute approximate surface area is 239 Å². The smallest absolute Gasteiger partial charge is 0.318 e. The Bertz CT molecular complexity index is 1460. The van der Waals surface area contributed by atoms with Gasteiger partial charge in [0, 0.05) is 43.2 Å². The van der Waals surface area contributed by atoms with Crippen molar-refractivity contribution in [1.82, 2.24) is 14.9 Å². The van der Waals surface area contributed by atoms with Crippen molar-refractivity contribution < 1.29 is 23.8 Å². The summed E-state index contributed by atoms with van der Waals surface area (Å²) >= 11 is 0. The molecule has 6 rings (SSSR count). The molecule has 0 spiro atoms. The molecule has 0 bridgehead atoms. The third-order valence-corrected chi connectivity index (χ3v) is 8.50. The highest BCUT2D eigenvalue weighted by molar-refractivity contribution is 6.16. The molecule has 9 nitrogen and oxygen atoms in total. The van der Waals surface area contributed by atoms with Crippen LogP contribution in [-0.2, 0) is 17.7 Å². The molecule has 3 aromatic rings. The first-order valence-corrected chi connectivity index (χ1v) is 14.7. The Morgan fingerprint density at radius 1 is 1.15 bits per heavy atom. The van der Waals surface area contributed by atoms with Gasteiger partial charge in [-0.2, -0.15) is 9.97 Å². The van der Waals surface area contributed by atoms with Crippen LogP contribution in [0.2, 0.25) is 0 Å². The van der Waals surface area contributed by atoms with Crippen molar-refractivity contribution in [3.63, 3.8) is 0 Å². The number of aryl methyl sites for hydroxylation is 1. The molecule has 1 amide bonds. The molecule has 0 saturated carbocycles. The average molecular weight is 564 g/mol. The van der Waals surface area contributed by atoms with E-state index in [-0.39, 0.29) is 30.0 Å². The number of aromatic hydroxyl groups is 1. The summed E-state index contributed by atoms with van der Waals surface area (Å²) in [6.07, 6.45) is 3.46. The van der Waals surface area contributed by atoms with Gasteiger partial charge in [-0.05, 0) is 69.2 Å². The summed E-state index contributed by atoms with van der Waals surface area (Å²) in [6, 6.07) is 7.17. The van der Waals surface area contributed by atoms with E-state index in [9.17, 15) is 14.3 Å². The highest BCUT2D eigenvalue weighted by Gasteiger charge is 2.38. The molecule has 0 radical (unpaired) electrons. The summed E-state index contributed by atoms with van der Waals surface area (Å²) in [5.41, 5.74) is 1.96. The molecule has 1 aromatic heterocycles. The number of carbonyl (C=O) groups is 1. The third-order valence-electron chi connectivity index (χ3n) is 8.50. The highest BCUT2D eigenvalue weighted by Crippen LogP contribution is 2.41. The van der Waals surface area contributed by atoms with Gasteiger partial charge in [-0.15, -0.1) is 0 Å². The first-order chi connectivity index (χ1) is 19.9. The van der Waals surface area contributed by atoms with Crippen LogP contribution in [0.3, 0.4) is 0 Å². The maximum Gasteiger partial charge on any atom is 0.318 e. The topological polar surface area (TPSA) is 91.3 Å². The number of phenolic OH excluding ortho intramolecular Hbond substituents is 1. The number of carbonyl (C=O) groups excluding carboxylic acids is 1. The lowest BCUT2D eigenvalue weighted by Crippen LogP contribution is -2.39. The van der Waals surface area contributed by atoms with E-state index in [4.69, 9.17) is 19.4 Å². The zero-order chi connectivity index (χ0) is 28.7. The molecule has 10 heteroatoms. The fourth-order valence-corrected chi connectivity index (χ4v) is 6.53. The number of benzene rings is 2. The van der Waals surface area contributed by atoms with E-state index in [1.165, 1.54) is 12.1 Å². The molecule has 3 aliphatic rings. The number of amides is 1. The Morgan fingerprint density at radius 2 is 2.00 bits per heavy atom. The number of rotatable bonds is 7. The molecule has 2 fully saturated rings. The minimum Gasteiger partial charge on any atom is -0.508 e. The van der Waals surface area contributed by atoms with E-state index in [1.807, 2.05) is 6.92 Å². The Morgan fingerprint density at radius 3 is 2.80 bits per heavy atom. The van der Waals surface area contributed by atoms with Crippen LogP contribution in [0.4, 0.5) is 15.9 Å². The van der Waals surface area contributed by atoms with Gasteiger partial charge in [0.1, 0.15) is 29.6 Å². The first-order valence-electron chi connectivity index (χ1n) is 14.7. The lowest BCUT2D eigenvalue weighted by molar-refractivity contribution is 0.0996. The number of aromatic nitrogens is 2. The summed E-state index contributed by atoms with van der Waals surface area (Å²) in [7, 11) is 0. The second kappa shape index (κ2) is 11.4. The highest BCUT2D eigenvalue weighted by atomic mass is 19.1. The van der Waals surface area contributed by atoms with Crippen molar-refractivity contribution >= 4 is 28.2 Å². The fraction of sp³-hybridized carbons (Fsp3) is 0.516. The number of halogens is 1. The average Bonchev–Trinajstić information content (AvgIpc) is 3.45. The Hall–Kier alpha value is -3.50. The maximum atomic E-state index is 14.9. The molecular formula is C31H38FN5O4. The number of anilines is 2. The van der Waals surface area contributed by atoms with Gasteiger partial charge in [-0.1, -0.05) is 13.0 Å². The van der Waals surface area contributed by atoms with E-state index in [0.717, 1.165) is 25.8 Å². The van der Waals surface area contributed by atoms with Crippen LogP contribution in [0.25, 0.3) is 10.8 Å². The van der Waals surface area contributed by atoms with Crippen molar-refractivity contribution in [2.75, 3.05) is 49.3 Å². The number of nitrogens with zero attached hydrogens (tertiary/aromatic N) is 5. The summed E-state index contributed by atoms with van der Waals surface area (Å²) in [6.45, 7) is 10.5. The van der Waals surface area contributed by atoms with E-state index in [2.05, 4.69) is 23.6 Å².